The number of aliphatic hydroxyl groups excluding tert-OH is 1. The summed E-state index contributed by atoms with van der Waals surface area (Å²) in [7, 11) is 0. The number of carbonyl (C=O) groups is 1. The molecule has 1 heterocycles. The average Bonchev–Trinajstić information content (AvgIpc) is 2.72. The minimum absolute atomic E-state index is 0.0972. The molecule has 98 valence electrons. The Morgan fingerprint density at radius 2 is 2.29 bits per heavy atom. The van der Waals surface area contributed by atoms with Crippen molar-refractivity contribution >= 4 is 5.91 Å². The SMILES string of the molecule is CC(O)C1CCN(C(=O)CC2(CN)CCC2)C1. The Bertz CT molecular complexity index is 282. The van der Waals surface area contributed by atoms with Crippen LogP contribution in [0.15, 0.2) is 0 Å². The molecule has 4 heteroatoms. The van der Waals surface area contributed by atoms with Gasteiger partial charge in [0.25, 0.3) is 0 Å². The summed E-state index contributed by atoms with van der Waals surface area (Å²) in [5, 5.41) is 9.53. The van der Waals surface area contributed by atoms with Crippen LogP contribution in [0.25, 0.3) is 0 Å². The molecule has 1 aliphatic heterocycles. The van der Waals surface area contributed by atoms with Crippen LogP contribution in [-0.2, 0) is 4.79 Å². The zero-order valence-corrected chi connectivity index (χ0v) is 10.7. The number of nitrogens with zero attached hydrogens (tertiary/aromatic N) is 1. The molecule has 1 aliphatic carbocycles. The smallest absolute Gasteiger partial charge is 0.223 e. The number of aliphatic hydroxyl groups is 1. The first kappa shape index (κ1) is 12.8. The van der Waals surface area contributed by atoms with Crippen LogP contribution in [0.1, 0.15) is 39.0 Å². The molecule has 17 heavy (non-hydrogen) atoms. The van der Waals surface area contributed by atoms with E-state index in [0.29, 0.717) is 13.0 Å². The molecule has 0 bridgehead atoms. The lowest BCUT2D eigenvalue weighted by atomic mass is 9.66. The predicted molar refractivity (Wildman–Crippen MR) is 66.3 cm³/mol. The van der Waals surface area contributed by atoms with Gasteiger partial charge in [-0.15, -0.1) is 0 Å². The van der Waals surface area contributed by atoms with Crippen LogP contribution in [0.2, 0.25) is 0 Å². The monoisotopic (exact) mass is 240 g/mol. The second-order valence-corrected chi connectivity index (χ2v) is 5.86. The van der Waals surface area contributed by atoms with E-state index in [1.54, 1.807) is 0 Å². The minimum atomic E-state index is -0.306. The van der Waals surface area contributed by atoms with Crippen LogP contribution in [0, 0.1) is 11.3 Å². The van der Waals surface area contributed by atoms with Gasteiger partial charge in [0.05, 0.1) is 6.10 Å². The van der Waals surface area contributed by atoms with Crippen LogP contribution in [0.3, 0.4) is 0 Å². The van der Waals surface area contributed by atoms with Crippen LogP contribution in [0.5, 0.6) is 0 Å². The molecule has 0 radical (unpaired) electrons. The van der Waals surface area contributed by atoms with Crippen molar-refractivity contribution in [1.82, 2.24) is 4.90 Å². The van der Waals surface area contributed by atoms with Crippen LogP contribution in [-0.4, -0.2) is 41.7 Å². The van der Waals surface area contributed by atoms with Gasteiger partial charge >= 0.3 is 0 Å². The van der Waals surface area contributed by atoms with Crippen molar-refractivity contribution in [3.8, 4) is 0 Å². The summed E-state index contributed by atoms with van der Waals surface area (Å²) in [6.07, 6.45) is 4.64. The van der Waals surface area contributed by atoms with Crippen molar-refractivity contribution in [3.05, 3.63) is 0 Å². The van der Waals surface area contributed by atoms with E-state index >= 15 is 0 Å². The molecule has 2 fully saturated rings. The fraction of sp³-hybridized carbons (Fsp3) is 0.923. The van der Waals surface area contributed by atoms with Crippen molar-refractivity contribution in [2.45, 2.75) is 45.1 Å². The Balaban J connectivity index is 1.85. The summed E-state index contributed by atoms with van der Waals surface area (Å²) in [5.41, 5.74) is 5.88. The summed E-state index contributed by atoms with van der Waals surface area (Å²) in [6.45, 7) is 3.96. The lowest BCUT2D eigenvalue weighted by molar-refractivity contribution is -0.134. The molecular formula is C13H24N2O2. The van der Waals surface area contributed by atoms with Crippen molar-refractivity contribution in [2.75, 3.05) is 19.6 Å². The fourth-order valence-electron chi connectivity index (χ4n) is 2.97. The van der Waals surface area contributed by atoms with E-state index in [4.69, 9.17) is 5.73 Å². The Morgan fingerprint density at radius 1 is 1.59 bits per heavy atom. The number of hydrogen-bond acceptors (Lipinski definition) is 3. The van der Waals surface area contributed by atoms with Crippen LogP contribution in [0.4, 0.5) is 0 Å². The first-order valence-corrected chi connectivity index (χ1v) is 6.72. The van der Waals surface area contributed by atoms with Gasteiger partial charge in [0.1, 0.15) is 0 Å². The molecule has 0 spiro atoms. The zero-order valence-electron chi connectivity index (χ0n) is 10.7. The standard InChI is InChI=1S/C13H24N2O2/c1-10(16)11-3-6-15(8-11)12(17)7-13(9-14)4-2-5-13/h10-11,16H,2-9,14H2,1H3. The van der Waals surface area contributed by atoms with Crippen molar-refractivity contribution < 1.29 is 9.90 Å². The molecular weight excluding hydrogens is 216 g/mol. The highest BCUT2D eigenvalue weighted by molar-refractivity contribution is 5.77. The van der Waals surface area contributed by atoms with Gasteiger partial charge in [0, 0.05) is 25.4 Å². The Hall–Kier alpha value is -0.610. The second kappa shape index (κ2) is 4.94. The maximum absolute atomic E-state index is 12.2. The van der Waals surface area contributed by atoms with E-state index in [1.165, 1.54) is 6.42 Å². The first-order chi connectivity index (χ1) is 8.06. The maximum Gasteiger partial charge on any atom is 0.223 e. The molecule has 3 N–H and O–H groups in total. The van der Waals surface area contributed by atoms with E-state index in [9.17, 15) is 9.90 Å². The molecule has 2 rings (SSSR count). The van der Waals surface area contributed by atoms with Gasteiger partial charge in [0.15, 0.2) is 0 Å². The summed E-state index contributed by atoms with van der Waals surface area (Å²) in [5.74, 6) is 0.493. The lowest BCUT2D eigenvalue weighted by Crippen LogP contribution is -2.43. The Labute approximate surface area is 103 Å². The van der Waals surface area contributed by atoms with E-state index in [-0.39, 0.29) is 23.3 Å². The van der Waals surface area contributed by atoms with Crippen molar-refractivity contribution in [2.24, 2.45) is 17.1 Å². The van der Waals surface area contributed by atoms with Gasteiger partial charge < -0.3 is 15.7 Å². The maximum atomic E-state index is 12.2. The molecule has 1 amide bonds. The van der Waals surface area contributed by atoms with Gasteiger partial charge in [0.2, 0.25) is 5.91 Å². The van der Waals surface area contributed by atoms with Crippen molar-refractivity contribution in [3.63, 3.8) is 0 Å². The number of carbonyl (C=O) groups excluding carboxylic acids is 1. The quantitative estimate of drug-likeness (QED) is 0.761. The summed E-state index contributed by atoms with van der Waals surface area (Å²) >= 11 is 0. The Morgan fingerprint density at radius 3 is 2.71 bits per heavy atom. The third kappa shape index (κ3) is 2.63. The van der Waals surface area contributed by atoms with Crippen LogP contribution >= 0.6 is 0 Å². The van der Waals surface area contributed by atoms with E-state index in [2.05, 4.69) is 0 Å². The second-order valence-electron chi connectivity index (χ2n) is 5.86. The Kier molecular flexibility index (Phi) is 3.73. The number of likely N-dealkylation sites (tertiary alicyclic amines) is 1. The number of rotatable bonds is 4. The fourth-order valence-corrected chi connectivity index (χ4v) is 2.97. The van der Waals surface area contributed by atoms with E-state index in [1.807, 2.05) is 11.8 Å². The predicted octanol–water partition coefficient (Wildman–Crippen LogP) is 0.735. The van der Waals surface area contributed by atoms with Gasteiger partial charge in [-0.1, -0.05) is 6.42 Å². The lowest BCUT2D eigenvalue weighted by Gasteiger charge is -2.41. The highest BCUT2D eigenvalue weighted by Crippen LogP contribution is 2.43. The molecule has 0 aromatic rings. The normalized spacial score (nSPS) is 28.9. The average molecular weight is 240 g/mol. The summed E-state index contributed by atoms with van der Waals surface area (Å²) < 4.78 is 0. The number of nitrogens with two attached hydrogens (primary N) is 1. The topological polar surface area (TPSA) is 66.6 Å². The zero-order chi connectivity index (χ0) is 12.5. The first-order valence-electron chi connectivity index (χ1n) is 6.72. The van der Waals surface area contributed by atoms with Crippen molar-refractivity contribution in [1.29, 1.82) is 0 Å². The largest absolute Gasteiger partial charge is 0.393 e. The molecule has 1 saturated heterocycles. The molecule has 2 unspecified atom stereocenters. The molecule has 2 aliphatic rings. The number of hydrogen-bond donors (Lipinski definition) is 2. The van der Waals surface area contributed by atoms with Gasteiger partial charge in [-0.25, -0.2) is 0 Å². The van der Waals surface area contributed by atoms with Gasteiger partial charge in [-0.2, -0.15) is 0 Å². The summed E-state index contributed by atoms with van der Waals surface area (Å²) in [6, 6.07) is 0. The van der Waals surface area contributed by atoms with Gasteiger partial charge in [-0.05, 0) is 38.1 Å². The van der Waals surface area contributed by atoms with E-state index in [0.717, 1.165) is 32.4 Å². The van der Waals surface area contributed by atoms with Crippen LogP contribution < -0.4 is 5.73 Å². The molecule has 2 atom stereocenters. The van der Waals surface area contributed by atoms with E-state index < -0.39 is 0 Å². The van der Waals surface area contributed by atoms with Gasteiger partial charge in [-0.3, -0.25) is 4.79 Å². The highest BCUT2D eigenvalue weighted by atomic mass is 16.3. The minimum Gasteiger partial charge on any atom is -0.393 e. The third-order valence-electron chi connectivity index (χ3n) is 4.63. The third-order valence-corrected chi connectivity index (χ3v) is 4.63. The molecule has 1 saturated carbocycles. The number of amides is 1. The summed E-state index contributed by atoms with van der Waals surface area (Å²) in [4.78, 5) is 14.1. The molecule has 4 nitrogen and oxygen atoms in total. The highest BCUT2D eigenvalue weighted by Gasteiger charge is 2.39. The molecule has 0 aromatic heterocycles. The molecule has 0 aromatic carbocycles.